The van der Waals surface area contributed by atoms with E-state index < -0.39 is 0 Å². The Morgan fingerprint density at radius 2 is 1.88 bits per heavy atom. The fraction of sp³-hybridized carbons (Fsp3) is 0.550. The molecule has 0 aromatic carbocycles. The van der Waals surface area contributed by atoms with Gasteiger partial charge in [-0.15, -0.1) is 0 Å². The Morgan fingerprint density at radius 3 is 2.62 bits per heavy atom. The third-order valence-corrected chi connectivity index (χ3v) is 4.91. The van der Waals surface area contributed by atoms with Crippen LogP contribution in [0.1, 0.15) is 73.0 Å². The fourth-order valence-corrected chi connectivity index (χ4v) is 3.43. The predicted molar refractivity (Wildman–Crippen MR) is 101 cm³/mol. The Balaban J connectivity index is 1.84. The molecule has 0 spiro atoms. The summed E-state index contributed by atoms with van der Waals surface area (Å²) in [7, 11) is 0. The predicted octanol–water partition coefficient (Wildman–Crippen LogP) is 3.27. The zero-order chi connectivity index (χ0) is 18.4. The van der Waals surface area contributed by atoms with Crippen molar-refractivity contribution in [3.05, 3.63) is 35.9 Å². The van der Waals surface area contributed by atoms with Gasteiger partial charge < -0.3 is 10.2 Å². The standard InChI is InChI=1S/C20H28N4O2/c1-2-3-7-12-21-19(25)18-22-17(16-11-6-10-15-24(16)18)20(26)23-13-8-4-5-9-14-23/h6,10-11,15H,2-5,7-9,12-14H2,1H3,(H,21,25). The lowest BCUT2D eigenvalue weighted by Crippen LogP contribution is -2.32. The summed E-state index contributed by atoms with van der Waals surface area (Å²) in [4.78, 5) is 31.9. The minimum Gasteiger partial charge on any atom is -0.349 e. The Hall–Kier alpha value is -2.37. The molecule has 140 valence electrons. The van der Waals surface area contributed by atoms with Crippen LogP contribution in [0.3, 0.4) is 0 Å². The van der Waals surface area contributed by atoms with Gasteiger partial charge in [0.1, 0.15) is 0 Å². The largest absolute Gasteiger partial charge is 0.349 e. The van der Waals surface area contributed by atoms with E-state index in [2.05, 4.69) is 17.2 Å². The number of nitrogens with one attached hydrogen (secondary N) is 1. The zero-order valence-corrected chi connectivity index (χ0v) is 15.5. The maximum Gasteiger partial charge on any atom is 0.287 e. The molecular weight excluding hydrogens is 328 g/mol. The summed E-state index contributed by atoms with van der Waals surface area (Å²) >= 11 is 0. The number of hydrogen-bond donors (Lipinski definition) is 1. The second-order valence-corrected chi connectivity index (χ2v) is 6.91. The van der Waals surface area contributed by atoms with E-state index in [1.165, 1.54) is 12.8 Å². The fourth-order valence-electron chi connectivity index (χ4n) is 3.43. The lowest BCUT2D eigenvalue weighted by Gasteiger charge is -2.19. The highest BCUT2D eigenvalue weighted by atomic mass is 16.2. The summed E-state index contributed by atoms with van der Waals surface area (Å²) in [5.41, 5.74) is 1.08. The van der Waals surface area contributed by atoms with Crippen LogP contribution in [0.15, 0.2) is 24.4 Å². The van der Waals surface area contributed by atoms with Crippen molar-refractivity contribution in [3.8, 4) is 0 Å². The maximum atomic E-state index is 13.0. The monoisotopic (exact) mass is 356 g/mol. The topological polar surface area (TPSA) is 66.7 Å². The van der Waals surface area contributed by atoms with Crippen LogP contribution in [0.25, 0.3) is 5.52 Å². The first kappa shape index (κ1) is 18.4. The Labute approximate surface area is 154 Å². The van der Waals surface area contributed by atoms with E-state index >= 15 is 0 Å². The van der Waals surface area contributed by atoms with Crippen molar-refractivity contribution in [2.45, 2.75) is 51.9 Å². The van der Waals surface area contributed by atoms with Gasteiger partial charge in [-0.05, 0) is 31.4 Å². The molecule has 1 aliphatic heterocycles. The summed E-state index contributed by atoms with van der Waals surface area (Å²) < 4.78 is 1.72. The molecule has 3 heterocycles. The molecule has 3 rings (SSSR count). The summed E-state index contributed by atoms with van der Waals surface area (Å²) in [6.07, 6.45) is 9.33. The van der Waals surface area contributed by atoms with Crippen LogP contribution in [0, 0.1) is 0 Å². The third kappa shape index (κ3) is 4.06. The first-order valence-electron chi connectivity index (χ1n) is 9.77. The lowest BCUT2D eigenvalue weighted by molar-refractivity contribution is 0.0758. The molecule has 1 aliphatic rings. The molecule has 0 aliphatic carbocycles. The number of imidazole rings is 1. The van der Waals surface area contributed by atoms with E-state index in [9.17, 15) is 9.59 Å². The smallest absolute Gasteiger partial charge is 0.287 e. The van der Waals surface area contributed by atoms with Gasteiger partial charge >= 0.3 is 0 Å². The zero-order valence-electron chi connectivity index (χ0n) is 15.5. The summed E-state index contributed by atoms with van der Waals surface area (Å²) in [6, 6.07) is 5.58. The molecule has 6 heteroatoms. The number of hydrogen-bond acceptors (Lipinski definition) is 3. The number of nitrogens with zero attached hydrogens (tertiary/aromatic N) is 3. The van der Waals surface area contributed by atoms with Crippen molar-refractivity contribution in [1.82, 2.24) is 19.6 Å². The molecule has 1 saturated heterocycles. The van der Waals surface area contributed by atoms with Gasteiger partial charge in [-0.3, -0.25) is 14.0 Å². The first-order valence-corrected chi connectivity index (χ1v) is 9.77. The number of aromatic nitrogens is 2. The number of fused-ring (bicyclic) bond motifs is 1. The number of rotatable bonds is 6. The molecule has 26 heavy (non-hydrogen) atoms. The molecule has 2 amide bonds. The number of amides is 2. The molecule has 0 atom stereocenters. The molecule has 0 radical (unpaired) electrons. The number of pyridine rings is 1. The number of unbranched alkanes of at least 4 members (excludes halogenated alkanes) is 2. The molecule has 2 aromatic rings. The van der Waals surface area contributed by atoms with Gasteiger partial charge in [0.25, 0.3) is 11.8 Å². The average molecular weight is 356 g/mol. The van der Waals surface area contributed by atoms with Gasteiger partial charge in [0.05, 0.1) is 5.52 Å². The average Bonchev–Trinajstić information content (AvgIpc) is 2.84. The van der Waals surface area contributed by atoms with E-state index in [0.717, 1.165) is 45.2 Å². The van der Waals surface area contributed by atoms with E-state index in [-0.39, 0.29) is 17.6 Å². The van der Waals surface area contributed by atoms with Gasteiger partial charge in [0.2, 0.25) is 5.82 Å². The Morgan fingerprint density at radius 1 is 1.12 bits per heavy atom. The second kappa shape index (κ2) is 8.83. The van der Waals surface area contributed by atoms with Crippen molar-refractivity contribution in [2.24, 2.45) is 0 Å². The molecular formula is C20H28N4O2. The number of carbonyl (C=O) groups excluding carboxylic acids is 2. The molecule has 2 aromatic heterocycles. The number of carbonyl (C=O) groups is 2. The van der Waals surface area contributed by atoms with Crippen molar-refractivity contribution in [1.29, 1.82) is 0 Å². The van der Waals surface area contributed by atoms with Gasteiger partial charge in [-0.2, -0.15) is 0 Å². The number of likely N-dealkylation sites (tertiary alicyclic amines) is 1. The molecule has 6 nitrogen and oxygen atoms in total. The van der Waals surface area contributed by atoms with Crippen LogP contribution in [0.2, 0.25) is 0 Å². The maximum absolute atomic E-state index is 13.0. The van der Waals surface area contributed by atoms with Crippen LogP contribution >= 0.6 is 0 Å². The molecule has 0 unspecified atom stereocenters. The highest BCUT2D eigenvalue weighted by Crippen LogP contribution is 2.18. The van der Waals surface area contributed by atoms with Crippen LogP contribution in [0.4, 0.5) is 0 Å². The molecule has 0 saturated carbocycles. The molecule has 1 N–H and O–H groups in total. The van der Waals surface area contributed by atoms with Gasteiger partial charge in [-0.25, -0.2) is 4.98 Å². The van der Waals surface area contributed by atoms with Crippen molar-refractivity contribution in [3.63, 3.8) is 0 Å². The third-order valence-electron chi connectivity index (χ3n) is 4.91. The highest BCUT2D eigenvalue weighted by Gasteiger charge is 2.25. The highest BCUT2D eigenvalue weighted by molar-refractivity contribution is 6.02. The van der Waals surface area contributed by atoms with E-state index in [4.69, 9.17) is 0 Å². The molecule has 1 fully saturated rings. The summed E-state index contributed by atoms with van der Waals surface area (Å²) in [5, 5.41) is 2.92. The first-order chi connectivity index (χ1) is 12.7. The van der Waals surface area contributed by atoms with E-state index in [0.29, 0.717) is 17.8 Å². The normalized spacial score (nSPS) is 15.0. The molecule has 0 bridgehead atoms. The van der Waals surface area contributed by atoms with Gasteiger partial charge in [0.15, 0.2) is 5.69 Å². The minimum atomic E-state index is -0.225. The summed E-state index contributed by atoms with van der Waals surface area (Å²) in [6.45, 7) is 4.29. The summed E-state index contributed by atoms with van der Waals surface area (Å²) in [5.74, 6) is -0.00637. The van der Waals surface area contributed by atoms with Crippen LogP contribution in [-0.4, -0.2) is 45.7 Å². The van der Waals surface area contributed by atoms with Crippen LogP contribution in [-0.2, 0) is 0 Å². The van der Waals surface area contributed by atoms with Crippen molar-refractivity contribution in [2.75, 3.05) is 19.6 Å². The van der Waals surface area contributed by atoms with E-state index in [1.807, 2.05) is 23.1 Å². The van der Waals surface area contributed by atoms with Crippen LogP contribution in [0.5, 0.6) is 0 Å². The van der Waals surface area contributed by atoms with Crippen LogP contribution < -0.4 is 5.32 Å². The van der Waals surface area contributed by atoms with E-state index in [1.54, 1.807) is 10.6 Å². The van der Waals surface area contributed by atoms with Crippen molar-refractivity contribution < 1.29 is 9.59 Å². The minimum absolute atomic E-state index is 0.0689. The SMILES string of the molecule is CCCCCNC(=O)c1nc(C(=O)N2CCCCCC2)c2ccccn12. The van der Waals surface area contributed by atoms with Crippen molar-refractivity contribution >= 4 is 17.3 Å². The Kier molecular flexibility index (Phi) is 6.26. The van der Waals surface area contributed by atoms with Gasteiger partial charge in [-0.1, -0.05) is 38.7 Å². The quantitative estimate of drug-likeness (QED) is 0.808. The lowest BCUT2D eigenvalue weighted by atomic mass is 10.2. The Bertz CT molecular complexity index is 760. The van der Waals surface area contributed by atoms with Gasteiger partial charge in [0, 0.05) is 25.8 Å². The second-order valence-electron chi connectivity index (χ2n) is 6.91.